The average molecular weight is 715 g/mol. The van der Waals surface area contributed by atoms with Gasteiger partial charge in [0.05, 0.1) is 44.4 Å². The maximum absolute atomic E-state index is 13.6. The lowest BCUT2D eigenvalue weighted by molar-refractivity contribution is -0.136. The molecule has 2 aromatic heterocycles. The van der Waals surface area contributed by atoms with Gasteiger partial charge in [-0.2, -0.15) is 0 Å². The number of imidazole rings is 2. The second-order valence-corrected chi connectivity index (χ2v) is 14.6. The minimum Gasteiger partial charge on any atom is -0.453 e. The van der Waals surface area contributed by atoms with E-state index in [0.717, 1.165) is 29.7 Å². The third kappa shape index (κ3) is 8.58. The number of amides is 4. The number of H-pyrrole nitrogens is 2. The number of hydrogen-bond acceptors (Lipinski definition) is 8. The van der Waals surface area contributed by atoms with Gasteiger partial charge in [0.2, 0.25) is 11.8 Å². The fraction of sp³-hybridized carbons (Fsp3) is 0.526. The molecule has 4 heterocycles. The number of aromatic nitrogens is 4. The maximum Gasteiger partial charge on any atom is 0.407 e. The number of rotatable bonds is 9. The van der Waals surface area contributed by atoms with Crippen molar-refractivity contribution in [2.45, 2.75) is 78.6 Å². The van der Waals surface area contributed by atoms with Crippen LogP contribution in [0.25, 0.3) is 11.3 Å². The Hall–Kier alpha value is -5.32. The fourth-order valence-electron chi connectivity index (χ4n) is 6.95. The van der Waals surface area contributed by atoms with Gasteiger partial charge in [0.15, 0.2) is 0 Å². The molecule has 2 fully saturated rings. The van der Waals surface area contributed by atoms with Crippen molar-refractivity contribution in [3.63, 3.8) is 0 Å². The summed E-state index contributed by atoms with van der Waals surface area (Å²) < 4.78 is 9.50. The molecule has 5 rings (SSSR count). The van der Waals surface area contributed by atoms with Crippen molar-refractivity contribution >= 4 is 24.0 Å². The predicted molar refractivity (Wildman–Crippen MR) is 193 cm³/mol. The lowest BCUT2D eigenvalue weighted by Gasteiger charge is -2.30. The minimum absolute atomic E-state index is 0.120. The molecule has 0 unspecified atom stereocenters. The van der Waals surface area contributed by atoms with Crippen LogP contribution >= 0.6 is 0 Å². The van der Waals surface area contributed by atoms with Gasteiger partial charge in [0.1, 0.15) is 29.4 Å². The van der Waals surface area contributed by atoms with Crippen LogP contribution in [-0.2, 0) is 19.1 Å². The largest absolute Gasteiger partial charge is 0.453 e. The van der Waals surface area contributed by atoms with Crippen molar-refractivity contribution in [3.8, 4) is 23.1 Å². The van der Waals surface area contributed by atoms with Gasteiger partial charge in [-0.05, 0) is 60.1 Å². The highest BCUT2D eigenvalue weighted by atomic mass is 16.5. The summed E-state index contributed by atoms with van der Waals surface area (Å²) in [7, 11) is 2.56. The van der Waals surface area contributed by atoms with E-state index >= 15 is 0 Å². The molecule has 1 aromatic carbocycles. The number of benzene rings is 1. The van der Waals surface area contributed by atoms with E-state index in [1.54, 1.807) is 22.2 Å². The number of ether oxygens (including phenoxy) is 2. The topological polar surface area (TPSA) is 175 Å². The Balaban J connectivity index is 1.26. The molecule has 2 saturated heterocycles. The Bertz CT molecular complexity index is 1800. The summed E-state index contributed by atoms with van der Waals surface area (Å²) in [4.78, 5) is 70.6. The molecule has 0 spiro atoms. The predicted octanol–water partition coefficient (Wildman–Crippen LogP) is 4.78. The van der Waals surface area contributed by atoms with Crippen LogP contribution < -0.4 is 10.6 Å². The first kappa shape index (κ1) is 37.9. The Kier molecular flexibility index (Phi) is 11.9. The second kappa shape index (κ2) is 16.4. The van der Waals surface area contributed by atoms with Gasteiger partial charge in [-0.25, -0.2) is 19.6 Å². The van der Waals surface area contributed by atoms with Crippen LogP contribution in [0.5, 0.6) is 0 Å². The van der Waals surface area contributed by atoms with Crippen LogP contribution in [-0.4, -0.2) is 93.1 Å². The average Bonchev–Trinajstić information content (AvgIpc) is 3.94. The summed E-state index contributed by atoms with van der Waals surface area (Å²) in [6.07, 6.45) is 3.67. The Morgan fingerprint density at radius 3 is 1.71 bits per heavy atom. The second-order valence-electron chi connectivity index (χ2n) is 14.6. The summed E-state index contributed by atoms with van der Waals surface area (Å²) >= 11 is 0. The highest BCUT2D eigenvalue weighted by molar-refractivity contribution is 5.87. The van der Waals surface area contributed by atoms with Crippen LogP contribution in [0.4, 0.5) is 9.59 Å². The van der Waals surface area contributed by atoms with Gasteiger partial charge < -0.3 is 39.9 Å². The van der Waals surface area contributed by atoms with E-state index in [-0.39, 0.29) is 47.6 Å². The highest BCUT2D eigenvalue weighted by Gasteiger charge is 2.41. The first-order chi connectivity index (χ1) is 24.8. The number of nitrogens with one attached hydrogen (secondary N) is 4. The molecule has 4 N–H and O–H groups in total. The van der Waals surface area contributed by atoms with Crippen LogP contribution in [0.3, 0.4) is 0 Å². The normalized spacial score (nSPS) is 21.0. The lowest BCUT2D eigenvalue weighted by atomic mass is 10.0. The molecule has 4 amide bonds. The summed E-state index contributed by atoms with van der Waals surface area (Å²) in [6.45, 7) is 12.9. The minimum atomic E-state index is -0.713. The van der Waals surface area contributed by atoms with Crippen LogP contribution in [0, 0.1) is 35.5 Å². The van der Waals surface area contributed by atoms with E-state index < -0.39 is 24.3 Å². The van der Waals surface area contributed by atoms with Gasteiger partial charge in [-0.15, -0.1) is 0 Å². The molecular formula is C38H50N8O6. The molecule has 3 aromatic rings. The van der Waals surface area contributed by atoms with Crippen molar-refractivity contribution in [1.29, 1.82) is 0 Å². The van der Waals surface area contributed by atoms with Crippen molar-refractivity contribution in [2.75, 3.05) is 27.3 Å². The van der Waals surface area contributed by atoms with Crippen molar-refractivity contribution < 1.29 is 28.7 Å². The standard InChI is InChI=1S/C38H50N8O6/c1-21(2)31(43-37(49)51-7)35(47)45-19-23(5)15-29(45)33-39-17-27(41-33)14-11-25-9-12-26(13-10-25)28-18-40-34(42-28)30-16-24(6)20-46(30)36(48)32(22(3)4)44-38(50)52-8/h9-10,12-13,17-18,21-24,29-32H,15-16,19-20H2,1-8H3,(H,39,41)(H,40,42)(H,43,49)(H,44,50)/t23-,24-,29-,30+,31-,32-/m0/s1. The van der Waals surface area contributed by atoms with Gasteiger partial charge in [0.25, 0.3) is 0 Å². The molecule has 6 atom stereocenters. The molecular weight excluding hydrogens is 664 g/mol. The molecule has 2 aliphatic heterocycles. The van der Waals surface area contributed by atoms with E-state index in [4.69, 9.17) is 9.47 Å². The van der Waals surface area contributed by atoms with Crippen LogP contribution in [0.1, 0.15) is 89.4 Å². The zero-order valence-electron chi connectivity index (χ0n) is 31.1. The number of methoxy groups -OCH3 is 2. The first-order valence-corrected chi connectivity index (χ1v) is 17.8. The smallest absolute Gasteiger partial charge is 0.407 e. The number of carbonyl (C=O) groups is 4. The van der Waals surface area contributed by atoms with E-state index in [1.807, 2.05) is 52.0 Å². The molecule has 0 bridgehead atoms. The summed E-state index contributed by atoms with van der Waals surface area (Å²) in [5.74, 6) is 7.66. The monoisotopic (exact) mass is 714 g/mol. The van der Waals surface area contributed by atoms with Gasteiger partial charge >= 0.3 is 12.2 Å². The molecule has 52 heavy (non-hydrogen) atoms. The van der Waals surface area contributed by atoms with E-state index in [1.165, 1.54) is 14.2 Å². The van der Waals surface area contributed by atoms with Gasteiger partial charge in [-0.1, -0.05) is 59.6 Å². The highest BCUT2D eigenvalue weighted by Crippen LogP contribution is 2.36. The number of alkyl carbamates (subject to hydrolysis) is 2. The molecule has 0 radical (unpaired) electrons. The van der Waals surface area contributed by atoms with Crippen LogP contribution in [0.15, 0.2) is 36.7 Å². The Labute approximate surface area is 304 Å². The first-order valence-electron chi connectivity index (χ1n) is 17.8. The summed E-state index contributed by atoms with van der Waals surface area (Å²) in [5.41, 5.74) is 3.17. The number of carbonyl (C=O) groups excluding carboxylic acids is 4. The summed E-state index contributed by atoms with van der Waals surface area (Å²) in [6, 6.07) is 5.86. The van der Waals surface area contributed by atoms with Crippen LogP contribution in [0.2, 0.25) is 0 Å². The summed E-state index contributed by atoms with van der Waals surface area (Å²) in [5, 5.41) is 5.38. The zero-order chi connectivity index (χ0) is 37.7. The van der Waals surface area contributed by atoms with E-state index in [2.05, 4.69) is 56.3 Å². The maximum atomic E-state index is 13.6. The molecule has 0 aliphatic carbocycles. The number of aromatic amines is 2. The van der Waals surface area contributed by atoms with E-state index in [9.17, 15) is 19.2 Å². The molecule has 2 aliphatic rings. The molecule has 14 heteroatoms. The Morgan fingerprint density at radius 2 is 1.23 bits per heavy atom. The van der Waals surface area contributed by atoms with E-state index in [0.29, 0.717) is 30.4 Å². The van der Waals surface area contributed by atoms with Gasteiger partial charge in [-0.3, -0.25) is 9.59 Å². The zero-order valence-corrected chi connectivity index (χ0v) is 31.1. The molecule has 278 valence electrons. The third-order valence-corrected chi connectivity index (χ3v) is 9.73. The lowest BCUT2D eigenvalue weighted by Crippen LogP contribution is -2.51. The fourth-order valence-corrected chi connectivity index (χ4v) is 6.95. The SMILES string of the molecule is COC(=O)N[C@H](C(=O)N1C[C@@H](C)C[C@@H]1c1ncc(-c2ccc(C#Cc3cnc([C@@H]4C[C@H](C)CN4C(=O)[C@@H](NC(=O)OC)C(C)C)[nH]3)cc2)[nH]1)C(C)C. The third-order valence-electron chi connectivity index (χ3n) is 9.73. The van der Waals surface area contributed by atoms with Crippen molar-refractivity contribution in [1.82, 2.24) is 40.4 Å². The van der Waals surface area contributed by atoms with Gasteiger partial charge in [0, 0.05) is 18.7 Å². The number of nitrogens with zero attached hydrogens (tertiary/aromatic N) is 4. The molecule has 14 nitrogen and oxygen atoms in total. The molecule has 0 saturated carbocycles. The quantitative estimate of drug-likeness (QED) is 0.229. The number of likely N-dealkylation sites (tertiary alicyclic amines) is 2. The van der Waals surface area contributed by atoms with Crippen molar-refractivity contribution in [3.05, 3.63) is 59.6 Å². The Morgan fingerprint density at radius 1 is 0.750 bits per heavy atom. The number of hydrogen-bond donors (Lipinski definition) is 4. The van der Waals surface area contributed by atoms with Crippen molar-refractivity contribution in [2.24, 2.45) is 23.7 Å².